The summed E-state index contributed by atoms with van der Waals surface area (Å²) >= 11 is 0. The van der Waals surface area contributed by atoms with E-state index in [1.54, 1.807) is 81.9 Å². The minimum absolute atomic E-state index is 0.00918. The van der Waals surface area contributed by atoms with Crippen molar-refractivity contribution >= 4 is 43.6 Å². The molecule has 0 spiro atoms. The summed E-state index contributed by atoms with van der Waals surface area (Å²) in [7, 11) is 0. The Balaban J connectivity index is 1.24. The Morgan fingerprint density at radius 1 is 0.287 bits per heavy atom. The maximum atomic E-state index is 15.1. The van der Waals surface area contributed by atoms with E-state index in [2.05, 4.69) is 30.3 Å². The molecule has 0 bridgehead atoms. The van der Waals surface area contributed by atoms with Crippen LogP contribution in [0.4, 0.5) is 26.3 Å². The molecular formula is C67H33F6N7. The molecule has 10 aromatic carbocycles. The predicted octanol–water partition coefficient (Wildman–Crippen LogP) is 17.6. The van der Waals surface area contributed by atoms with Gasteiger partial charge in [-0.1, -0.05) is 97.1 Å². The lowest BCUT2D eigenvalue weighted by Crippen LogP contribution is -2.11. The number of benzene rings is 10. The van der Waals surface area contributed by atoms with E-state index in [1.165, 1.54) is 12.1 Å². The molecule has 0 fully saturated rings. The van der Waals surface area contributed by atoms with Gasteiger partial charge in [0.2, 0.25) is 0 Å². The number of aromatic nitrogens is 2. The molecule has 0 aliphatic carbocycles. The molecule has 0 N–H and O–H groups in total. The summed E-state index contributed by atoms with van der Waals surface area (Å²) in [6, 6.07) is 65.5. The Labute approximate surface area is 452 Å². The van der Waals surface area contributed by atoms with Crippen LogP contribution < -0.4 is 0 Å². The Hall–Kier alpha value is -11.2. The first-order chi connectivity index (χ1) is 38.6. The zero-order valence-electron chi connectivity index (χ0n) is 41.5. The molecule has 0 saturated carbocycles. The third-order valence-electron chi connectivity index (χ3n) is 14.4. The number of nitriles is 5. The van der Waals surface area contributed by atoms with Crippen LogP contribution in [0.1, 0.15) is 38.9 Å². The SMILES string of the molecule is N#Cc1cccc(-c2ccc3c4ccc(-c5cccc(C#N)c5)cc4n(-c4cc(-c5cc(C(F)(F)F)cc(C(F)(F)F)c5)c(-n5c6cc(-c7cccc(C#N)c7)ccc6c6ccc(-c7cccc(C#N)c7)cc65)cc4C#N)c3c2)c1. The van der Waals surface area contributed by atoms with Crippen molar-refractivity contribution in [1.29, 1.82) is 26.3 Å². The Morgan fingerprint density at radius 3 is 0.900 bits per heavy atom. The van der Waals surface area contributed by atoms with E-state index in [4.69, 9.17) is 0 Å². The summed E-state index contributed by atoms with van der Waals surface area (Å²) in [5.41, 5.74) is 5.31. The maximum Gasteiger partial charge on any atom is 0.416 e. The third-order valence-corrected chi connectivity index (χ3v) is 14.4. The summed E-state index contributed by atoms with van der Waals surface area (Å²) in [6.45, 7) is 0. The van der Waals surface area contributed by atoms with Crippen LogP contribution in [-0.2, 0) is 12.4 Å². The smallest absolute Gasteiger partial charge is 0.309 e. The van der Waals surface area contributed by atoms with Gasteiger partial charge in [0.05, 0.1) is 96.7 Å². The van der Waals surface area contributed by atoms with Gasteiger partial charge in [0.15, 0.2) is 0 Å². The highest BCUT2D eigenvalue weighted by Crippen LogP contribution is 2.46. The molecule has 0 aliphatic heterocycles. The molecule has 12 aromatic rings. The van der Waals surface area contributed by atoms with Crippen LogP contribution in [0.3, 0.4) is 0 Å². The fraction of sp³-hybridized carbons (Fsp3) is 0.0299. The minimum Gasteiger partial charge on any atom is -0.309 e. The molecule has 12 rings (SSSR count). The van der Waals surface area contributed by atoms with E-state index < -0.39 is 29.0 Å². The Morgan fingerprint density at radius 2 is 0.600 bits per heavy atom. The van der Waals surface area contributed by atoms with Gasteiger partial charge in [-0.05, 0) is 153 Å². The van der Waals surface area contributed by atoms with Crippen molar-refractivity contribution in [2.75, 3.05) is 0 Å². The fourth-order valence-corrected chi connectivity index (χ4v) is 10.7. The van der Waals surface area contributed by atoms with Gasteiger partial charge in [0.1, 0.15) is 6.07 Å². The summed E-state index contributed by atoms with van der Waals surface area (Å²) in [5.74, 6) is 0. The standard InChI is InChI=1S/C67H33F6N7/c68-66(69,70)53-25-51(26-54(32-53)67(71,72)73)59-33-60(79-61-27-47(43-9-1-5-39(21-43)34-74)13-17-55(61)56-18-14-48(28-62(56)79)44-10-2-6-40(22-44)35-75)52(38-78)31-65(59)80-63-29-49(45-11-3-7-41(23-45)36-76)15-19-57(63)58-20-16-50(30-64(58)80)46-12-4-8-42(24-46)37-77/h1-33H. The zero-order chi connectivity index (χ0) is 55.6. The maximum absolute atomic E-state index is 15.1. The average Bonchev–Trinajstić information content (AvgIpc) is 3.52. The topological polar surface area (TPSA) is 129 Å². The summed E-state index contributed by atoms with van der Waals surface area (Å²) < 4.78 is 94.0. The largest absolute Gasteiger partial charge is 0.416 e. The average molecular weight is 1050 g/mol. The summed E-state index contributed by atoms with van der Waals surface area (Å²) in [6.07, 6.45) is -10.5. The van der Waals surface area contributed by atoms with Crippen molar-refractivity contribution in [2.45, 2.75) is 12.4 Å². The lowest BCUT2D eigenvalue weighted by atomic mass is 9.95. The molecule has 378 valence electrons. The van der Waals surface area contributed by atoms with Gasteiger partial charge < -0.3 is 9.13 Å². The van der Waals surface area contributed by atoms with Crippen LogP contribution in [0.25, 0.3) is 111 Å². The molecule has 2 heterocycles. The van der Waals surface area contributed by atoms with Crippen molar-refractivity contribution < 1.29 is 26.3 Å². The van der Waals surface area contributed by atoms with Gasteiger partial charge in [-0.15, -0.1) is 0 Å². The number of fused-ring (bicyclic) bond motifs is 6. The van der Waals surface area contributed by atoms with Gasteiger partial charge in [-0.25, -0.2) is 0 Å². The van der Waals surface area contributed by atoms with E-state index in [9.17, 15) is 26.3 Å². The molecule has 0 atom stereocenters. The van der Waals surface area contributed by atoms with Crippen LogP contribution >= 0.6 is 0 Å². The zero-order valence-corrected chi connectivity index (χ0v) is 41.5. The molecule has 80 heavy (non-hydrogen) atoms. The number of nitrogens with zero attached hydrogens (tertiary/aromatic N) is 7. The van der Waals surface area contributed by atoms with Crippen LogP contribution in [-0.4, -0.2) is 9.13 Å². The first-order valence-corrected chi connectivity index (χ1v) is 24.7. The van der Waals surface area contributed by atoms with Gasteiger partial charge in [-0.3, -0.25) is 0 Å². The molecule has 0 radical (unpaired) electrons. The monoisotopic (exact) mass is 1050 g/mol. The summed E-state index contributed by atoms with van der Waals surface area (Å²) in [5, 5.41) is 53.7. The highest BCUT2D eigenvalue weighted by molar-refractivity contribution is 6.13. The van der Waals surface area contributed by atoms with E-state index >= 15 is 26.3 Å². The first-order valence-electron chi connectivity index (χ1n) is 24.7. The van der Waals surface area contributed by atoms with Crippen molar-refractivity contribution in [3.05, 3.63) is 239 Å². The second kappa shape index (κ2) is 19.1. The Bertz CT molecular complexity index is 4570. The summed E-state index contributed by atoms with van der Waals surface area (Å²) in [4.78, 5) is 0. The van der Waals surface area contributed by atoms with E-state index in [0.717, 1.165) is 0 Å². The second-order valence-electron chi connectivity index (χ2n) is 19.2. The molecule has 7 nitrogen and oxygen atoms in total. The van der Waals surface area contributed by atoms with Gasteiger partial charge in [0.25, 0.3) is 0 Å². The van der Waals surface area contributed by atoms with Crippen LogP contribution in [0.15, 0.2) is 200 Å². The predicted molar refractivity (Wildman–Crippen MR) is 296 cm³/mol. The Kier molecular flexibility index (Phi) is 11.9. The molecule has 0 unspecified atom stereocenters. The van der Waals surface area contributed by atoms with Gasteiger partial charge in [-0.2, -0.15) is 52.7 Å². The van der Waals surface area contributed by atoms with Crippen molar-refractivity contribution in [3.8, 4) is 97.4 Å². The van der Waals surface area contributed by atoms with Crippen molar-refractivity contribution in [1.82, 2.24) is 9.13 Å². The number of rotatable bonds is 7. The van der Waals surface area contributed by atoms with E-state index in [1.807, 2.05) is 97.1 Å². The molecule has 0 saturated heterocycles. The van der Waals surface area contributed by atoms with Crippen LogP contribution in [0, 0.1) is 56.7 Å². The van der Waals surface area contributed by atoms with Crippen molar-refractivity contribution in [2.24, 2.45) is 0 Å². The normalized spacial score (nSPS) is 11.6. The first kappa shape index (κ1) is 49.7. The minimum atomic E-state index is -5.23. The molecule has 0 amide bonds. The quantitative estimate of drug-likeness (QED) is 0.147. The molecule has 0 aliphatic rings. The van der Waals surface area contributed by atoms with Crippen molar-refractivity contribution in [3.63, 3.8) is 0 Å². The lowest BCUT2D eigenvalue weighted by molar-refractivity contribution is -0.143. The highest BCUT2D eigenvalue weighted by Gasteiger charge is 2.38. The lowest BCUT2D eigenvalue weighted by Gasteiger charge is -2.21. The van der Waals surface area contributed by atoms with Gasteiger partial charge >= 0.3 is 12.4 Å². The number of hydrogen-bond acceptors (Lipinski definition) is 5. The molecule has 2 aromatic heterocycles. The number of hydrogen-bond donors (Lipinski definition) is 0. The number of halogens is 6. The number of alkyl halides is 6. The van der Waals surface area contributed by atoms with Gasteiger partial charge in [0, 0.05) is 27.1 Å². The highest BCUT2D eigenvalue weighted by atomic mass is 19.4. The van der Waals surface area contributed by atoms with E-state index in [0.29, 0.717) is 123 Å². The molecular weight excluding hydrogens is 1020 g/mol. The van der Waals surface area contributed by atoms with Crippen LogP contribution in [0.5, 0.6) is 0 Å². The molecule has 13 heteroatoms. The third kappa shape index (κ3) is 8.66. The fourth-order valence-electron chi connectivity index (χ4n) is 10.7. The van der Waals surface area contributed by atoms with E-state index in [-0.39, 0.29) is 28.6 Å². The van der Waals surface area contributed by atoms with Crippen LogP contribution in [0.2, 0.25) is 0 Å². The second-order valence-corrected chi connectivity index (χ2v) is 19.2.